The Labute approximate surface area is 184 Å². The number of urea groups is 1. The molecule has 1 aliphatic heterocycles. The highest BCUT2D eigenvalue weighted by atomic mass is 19.4. The van der Waals surface area contributed by atoms with Crippen LogP contribution in [0, 0.1) is 0 Å². The van der Waals surface area contributed by atoms with Gasteiger partial charge < -0.3 is 20.3 Å². The second-order valence-corrected chi connectivity index (χ2v) is 7.53. The molecular formula is C22H25F3N4O3. The topological polar surface area (TPSA) is 83.6 Å². The first-order chi connectivity index (χ1) is 15.3. The second-order valence-electron chi connectivity index (χ2n) is 7.53. The lowest BCUT2D eigenvalue weighted by molar-refractivity contribution is -0.154. The van der Waals surface area contributed by atoms with E-state index in [9.17, 15) is 22.8 Å². The number of aromatic nitrogens is 1. The van der Waals surface area contributed by atoms with Gasteiger partial charge in [0.15, 0.2) is 6.61 Å². The molecule has 1 aliphatic rings. The third kappa shape index (κ3) is 7.75. The molecule has 2 heterocycles. The van der Waals surface area contributed by atoms with Gasteiger partial charge in [-0.1, -0.05) is 30.3 Å². The number of nitrogens with one attached hydrogen (secondary N) is 2. The molecule has 10 heteroatoms. The zero-order chi connectivity index (χ0) is 23.0. The van der Waals surface area contributed by atoms with Crippen LogP contribution in [0.25, 0.3) is 0 Å². The minimum absolute atomic E-state index is 0.00402. The normalized spacial score (nSPS) is 14.7. The molecule has 32 heavy (non-hydrogen) atoms. The molecule has 0 bridgehead atoms. The van der Waals surface area contributed by atoms with Crippen LogP contribution in [0.15, 0.2) is 48.7 Å². The van der Waals surface area contributed by atoms with Crippen molar-refractivity contribution in [3.63, 3.8) is 0 Å². The summed E-state index contributed by atoms with van der Waals surface area (Å²) >= 11 is 0. The Morgan fingerprint density at radius 2 is 1.81 bits per heavy atom. The van der Waals surface area contributed by atoms with E-state index in [0.29, 0.717) is 44.5 Å². The van der Waals surface area contributed by atoms with Crippen LogP contribution in [-0.2, 0) is 11.2 Å². The van der Waals surface area contributed by atoms with Gasteiger partial charge in [-0.15, -0.1) is 0 Å². The molecule has 3 amide bonds. The van der Waals surface area contributed by atoms with Crippen LogP contribution in [0.2, 0.25) is 0 Å². The summed E-state index contributed by atoms with van der Waals surface area (Å²) < 4.78 is 41.0. The third-order valence-corrected chi connectivity index (χ3v) is 5.00. The molecule has 1 saturated heterocycles. The van der Waals surface area contributed by atoms with E-state index in [1.54, 1.807) is 4.90 Å². The predicted octanol–water partition coefficient (Wildman–Crippen LogP) is 3.77. The van der Waals surface area contributed by atoms with Crippen LogP contribution in [0.5, 0.6) is 5.88 Å². The van der Waals surface area contributed by atoms with Crippen molar-refractivity contribution in [2.75, 3.05) is 25.0 Å². The lowest BCUT2D eigenvalue weighted by Crippen LogP contribution is -2.47. The van der Waals surface area contributed by atoms with E-state index in [-0.39, 0.29) is 23.9 Å². The van der Waals surface area contributed by atoms with Crippen LogP contribution in [0.3, 0.4) is 0 Å². The Morgan fingerprint density at radius 1 is 1.09 bits per heavy atom. The Bertz CT molecular complexity index is 884. The molecule has 0 saturated carbocycles. The quantitative estimate of drug-likeness (QED) is 0.673. The fourth-order valence-electron chi connectivity index (χ4n) is 3.33. The van der Waals surface area contributed by atoms with E-state index < -0.39 is 12.8 Å². The molecule has 2 N–H and O–H groups in total. The number of halogens is 3. The van der Waals surface area contributed by atoms with Gasteiger partial charge in [0.05, 0.1) is 11.9 Å². The highest BCUT2D eigenvalue weighted by molar-refractivity contribution is 5.89. The van der Waals surface area contributed by atoms with Crippen molar-refractivity contribution in [1.29, 1.82) is 0 Å². The number of anilines is 1. The maximum Gasteiger partial charge on any atom is 0.422 e. The largest absolute Gasteiger partial charge is 0.468 e. The summed E-state index contributed by atoms with van der Waals surface area (Å²) in [6.07, 6.45) is -0.812. The minimum atomic E-state index is -4.44. The molecule has 1 aromatic heterocycles. The molecule has 0 radical (unpaired) electrons. The Balaban J connectivity index is 1.37. The summed E-state index contributed by atoms with van der Waals surface area (Å²) in [5.74, 6) is -0.181. The van der Waals surface area contributed by atoms with Crippen molar-refractivity contribution in [3.05, 3.63) is 54.2 Å². The average Bonchev–Trinajstić information content (AvgIpc) is 2.78. The van der Waals surface area contributed by atoms with Gasteiger partial charge in [0.1, 0.15) is 0 Å². The lowest BCUT2D eigenvalue weighted by Gasteiger charge is -2.32. The SMILES string of the molecule is O=C(CCc1ccccc1)NC1CCN(C(=O)Nc2ccc(OCC(F)(F)F)nc2)CC1. The number of hydrogen-bond acceptors (Lipinski definition) is 4. The van der Waals surface area contributed by atoms with Crippen molar-refractivity contribution in [1.82, 2.24) is 15.2 Å². The minimum Gasteiger partial charge on any atom is -0.468 e. The fraction of sp³-hybridized carbons (Fsp3) is 0.409. The number of hydrogen-bond donors (Lipinski definition) is 2. The first kappa shape index (κ1) is 23.4. The van der Waals surface area contributed by atoms with E-state index in [1.165, 1.54) is 18.3 Å². The Morgan fingerprint density at radius 3 is 2.44 bits per heavy atom. The van der Waals surface area contributed by atoms with Gasteiger partial charge in [0.2, 0.25) is 11.8 Å². The maximum absolute atomic E-state index is 12.4. The number of benzene rings is 1. The monoisotopic (exact) mass is 450 g/mol. The van der Waals surface area contributed by atoms with Gasteiger partial charge in [0.25, 0.3) is 0 Å². The van der Waals surface area contributed by atoms with E-state index >= 15 is 0 Å². The number of carbonyl (C=O) groups excluding carboxylic acids is 2. The van der Waals surface area contributed by atoms with Gasteiger partial charge in [-0.3, -0.25) is 4.79 Å². The molecule has 0 aliphatic carbocycles. The maximum atomic E-state index is 12.4. The number of alkyl halides is 3. The van der Waals surface area contributed by atoms with E-state index in [4.69, 9.17) is 0 Å². The molecule has 0 unspecified atom stereocenters. The van der Waals surface area contributed by atoms with Gasteiger partial charge in [-0.2, -0.15) is 13.2 Å². The van der Waals surface area contributed by atoms with E-state index in [2.05, 4.69) is 20.4 Å². The van der Waals surface area contributed by atoms with Crippen molar-refractivity contribution in [2.45, 2.75) is 37.9 Å². The van der Waals surface area contributed by atoms with Crippen molar-refractivity contribution >= 4 is 17.6 Å². The van der Waals surface area contributed by atoms with Crippen LogP contribution in [0.4, 0.5) is 23.7 Å². The molecule has 3 rings (SSSR count). The molecule has 7 nitrogen and oxygen atoms in total. The van der Waals surface area contributed by atoms with Crippen LogP contribution in [-0.4, -0.2) is 53.7 Å². The lowest BCUT2D eigenvalue weighted by atomic mass is 10.0. The number of pyridine rings is 1. The average molecular weight is 450 g/mol. The number of aryl methyl sites for hydroxylation is 1. The van der Waals surface area contributed by atoms with Crippen LogP contribution >= 0.6 is 0 Å². The number of rotatable bonds is 7. The number of piperidine rings is 1. The number of carbonyl (C=O) groups is 2. The van der Waals surface area contributed by atoms with Gasteiger partial charge >= 0.3 is 12.2 Å². The number of ether oxygens (including phenoxy) is 1. The summed E-state index contributed by atoms with van der Waals surface area (Å²) in [6, 6.07) is 12.2. The predicted molar refractivity (Wildman–Crippen MR) is 112 cm³/mol. The number of nitrogens with zero attached hydrogens (tertiary/aromatic N) is 2. The van der Waals surface area contributed by atoms with E-state index in [1.807, 2.05) is 30.3 Å². The highest BCUT2D eigenvalue weighted by Crippen LogP contribution is 2.19. The number of likely N-dealkylation sites (tertiary alicyclic amines) is 1. The fourth-order valence-corrected chi connectivity index (χ4v) is 3.33. The van der Waals surface area contributed by atoms with Gasteiger partial charge in [0, 0.05) is 31.6 Å². The summed E-state index contributed by atoms with van der Waals surface area (Å²) in [5.41, 5.74) is 1.47. The Kier molecular flexibility index (Phi) is 7.91. The molecule has 2 aromatic rings. The van der Waals surface area contributed by atoms with Gasteiger partial charge in [-0.05, 0) is 30.9 Å². The van der Waals surface area contributed by atoms with Crippen molar-refractivity contribution < 1.29 is 27.5 Å². The molecule has 1 aromatic carbocycles. The zero-order valence-electron chi connectivity index (χ0n) is 17.4. The third-order valence-electron chi connectivity index (χ3n) is 5.00. The highest BCUT2D eigenvalue weighted by Gasteiger charge is 2.28. The molecule has 172 valence electrons. The van der Waals surface area contributed by atoms with Crippen LogP contribution < -0.4 is 15.4 Å². The second kappa shape index (κ2) is 10.8. The summed E-state index contributed by atoms with van der Waals surface area (Å²) in [7, 11) is 0. The zero-order valence-corrected chi connectivity index (χ0v) is 17.4. The molecule has 0 spiro atoms. The molecular weight excluding hydrogens is 425 g/mol. The standard InChI is InChI=1S/C22H25F3N4O3/c23-22(24,25)15-32-20-9-7-18(14-26-20)28-21(31)29-12-10-17(11-13-29)27-19(30)8-6-16-4-2-1-3-5-16/h1-5,7,9,14,17H,6,8,10-13,15H2,(H,27,30)(H,28,31). The summed E-state index contributed by atoms with van der Waals surface area (Å²) in [5, 5.41) is 5.69. The first-order valence-corrected chi connectivity index (χ1v) is 10.3. The smallest absolute Gasteiger partial charge is 0.422 e. The Hall–Kier alpha value is -3.30. The summed E-state index contributed by atoms with van der Waals surface area (Å²) in [6.45, 7) is -0.464. The molecule has 0 atom stereocenters. The van der Waals surface area contributed by atoms with Gasteiger partial charge in [-0.25, -0.2) is 9.78 Å². The van der Waals surface area contributed by atoms with Crippen molar-refractivity contribution in [3.8, 4) is 5.88 Å². The van der Waals surface area contributed by atoms with E-state index in [0.717, 1.165) is 5.56 Å². The number of amides is 3. The summed E-state index contributed by atoms with van der Waals surface area (Å²) in [4.78, 5) is 30.0. The first-order valence-electron chi connectivity index (χ1n) is 10.3. The van der Waals surface area contributed by atoms with Crippen molar-refractivity contribution in [2.24, 2.45) is 0 Å². The van der Waals surface area contributed by atoms with Crippen LogP contribution in [0.1, 0.15) is 24.8 Å². The molecule has 1 fully saturated rings.